The zero-order chi connectivity index (χ0) is 15.8. The number of amides is 2. The van der Waals surface area contributed by atoms with E-state index >= 15 is 0 Å². The molecule has 0 heterocycles. The number of hydrogen-bond donors (Lipinski definition) is 3. The number of aryl methyl sites for hydroxylation is 1. The van der Waals surface area contributed by atoms with Crippen molar-refractivity contribution in [1.82, 2.24) is 10.6 Å². The number of urea groups is 1. The lowest BCUT2D eigenvalue weighted by atomic mass is 10.0. The molecule has 0 radical (unpaired) electrons. The Hall–Kier alpha value is -2.04. The summed E-state index contributed by atoms with van der Waals surface area (Å²) in [6.45, 7) is 6.22. The van der Waals surface area contributed by atoms with Crippen LogP contribution in [0.15, 0.2) is 24.3 Å². The van der Waals surface area contributed by atoms with Crippen LogP contribution in [0.4, 0.5) is 4.79 Å². The van der Waals surface area contributed by atoms with Crippen LogP contribution in [-0.4, -0.2) is 23.7 Å². The largest absolute Gasteiger partial charge is 0.481 e. The summed E-state index contributed by atoms with van der Waals surface area (Å²) >= 11 is 0. The number of hydrogen-bond acceptors (Lipinski definition) is 2. The van der Waals surface area contributed by atoms with Gasteiger partial charge < -0.3 is 15.7 Å². The second kappa shape index (κ2) is 8.29. The summed E-state index contributed by atoms with van der Waals surface area (Å²) in [5.41, 5.74) is 2.20. The minimum Gasteiger partial charge on any atom is -0.481 e. The molecule has 0 fully saturated rings. The van der Waals surface area contributed by atoms with Gasteiger partial charge in [0.25, 0.3) is 0 Å². The molecule has 0 aliphatic heterocycles. The number of rotatable bonds is 7. The van der Waals surface area contributed by atoms with Gasteiger partial charge in [0, 0.05) is 13.0 Å². The molecule has 2 amide bonds. The van der Waals surface area contributed by atoms with Gasteiger partial charge in [-0.3, -0.25) is 4.79 Å². The Balaban J connectivity index is 2.46. The Morgan fingerprint density at radius 3 is 2.52 bits per heavy atom. The van der Waals surface area contributed by atoms with Crippen LogP contribution >= 0.6 is 0 Å². The van der Waals surface area contributed by atoms with Crippen LogP contribution in [0.25, 0.3) is 0 Å². The molecular weight excluding hydrogens is 268 g/mol. The highest BCUT2D eigenvalue weighted by molar-refractivity contribution is 5.74. The predicted octanol–water partition coefficient (Wildman–Crippen LogP) is 2.86. The normalized spacial score (nSPS) is 13.3. The first-order valence-corrected chi connectivity index (χ1v) is 7.25. The molecule has 0 spiro atoms. The lowest BCUT2D eigenvalue weighted by molar-refractivity contribution is -0.138. The van der Waals surface area contributed by atoms with E-state index in [0.717, 1.165) is 17.5 Å². The third-order valence-electron chi connectivity index (χ3n) is 3.59. The van der Waals surface area contributed by atoms with Crippen molar-refractivity contribution in [2.75, 3.05) is 6.54 Å². The van der Waals surface area contributed by atoms with Gasteiger partial charge in [-0.05, 0) is 30.9 Å². The molecular formula is C16H24N2O3. The Bertz CT molecular complexity index is 488. The quantitative estimate of drug-likeness (QED) is 0.723. The maximum Gasteiger partial charge on any atom is 0.315 e. The van der Waals surface area contributed by atoms with Crippen molar-refractivity contribution < 1.29 is 14.7 Å². The summed E-state index contributed by atoms with van der Waals surface area (Å²) < 4.78 is 0. The van der Waals surface area contributed by atoms with E-state index < -0.39 is 5.97 Å². The number of carbonyl (C=O) groups excluding carboxylic acids is 1. The van der Waals surface area contributed by atoms with Crippen molar-refractivity contribution in [2.24, 2.45) is 5.92 Å². The molecule has 0 saturated carbocycles. The molecule has 3 N–H and O–H groups in total. The number of aliphatic carboxylic acids is 1. The smallest absolute Gasteiger partial charge is 0.315 e. The summed E-state index contributed by atoms with van der Waals surface area (Å²) in [6, 6.07) is 7.53. The van der Waals surface area contributed by atoms with Gasteiger partial charge in [0.15, 0.2) is 0 Å². The Kier molecular flexibility index (Phi) is 6.72. The van der Waals surface area contributed by atoms with E-state index in [9.17, 15) is 9.59 Å². The van der Waals surface area contributed by atoms with Crippen LogP contribution in [0.1, 0.15) is 43.9 Å². The molecule has 5 nitrogen and oxygen atoms in total. The molecule has 0 saturated heterocycles. The molecule has 0 aromatic heterocycles. The molecule has 21 heavy (non-hydrogen) atoms. The van der Waals surface area contributed by atoms with Crippen LogP contribution in [-0.2, 0) is 4.79 Å². The highest BCUT2D eigenvalue weighted by Gasteiger charge is 2.14. The maximum absolute atomic E-state index is 11.9. The lowest BCUT2D eigenvalue weighted by Gasteiger charge is -2.18. The van der Waals surface area contributed by atoms with Crippen molar-refractivity contribution in [3.63, 3.8) is 0 Å². The van der Waals surface area contributed by atoms with E-state index in [4.69, 9.17) is 5.11 Å². The zero-order valence-corrected chi connectivity index (χ0v) is 12.8. The molecule has 2 atom stereocenters. The van der Waals surface area contributed by atoms with Gasteiger partial charge >= 0.3 is 12.0 Å². The summed E-state index contributed by atoms with van der Waals surface area (Å²) in [5, 5.41) is 14.4. The number of carboxylic acids is 1. The molecule has 1 aromatic rings. The zero-order valence-electron chi connectivity index (χ0n) is 12.8. The number of benzene rings is 1. The Morgan fingerprint density at radius 2 is 1.95 bits per heavy atom. The molecule has 1 aromatic carbocycles. The van der Waals surface area contributed by atoms with E-state index in [0.29, 0.717) is 6.54 Å². The van der Waals surface area contributed by atoms with Crippen molar-refractivity contribution in [1.29, 1.82) is 0 Å². The summed E-state index contributed by atoms with van der Waals surface area (Å²) in [5.74, 6) is -0.876. The van der Waals surface area contributed by atoms with E-state index in [2.05, 4.69) is 10.6 Å². The fraction of sp³-hybridized carbons (Fsp3) is 0.500. The molecule has 116 valence electrons. The molecule has 2 unspecified atom stereocenters. The van der Waals surface area contributed by atoms with Gasteiger partial charge in [0.2, 0.25) is 0 Å². The summed E-state index contributed by atoms with van der Waals surface area (Å²) in [4.78, 5) is 22.6. The van der Waals surface area contributed by atoms with Gasteiger partial charge in [0.05, 0.1) is 6.04 Å². The first kappa shape index (κ1) is 17.0. The molecule has 1 rings (SSSR count). The number of nitrogens with one attached hydrogen (secondary N) is 2. The van der Waals surface area contributed by atoms with Crippen LogP contribution < -0.4 is 10.6 Å². The van der Waals surface area contributed by atoms with Crippen LogP contribution in [0.3, 0.4) is 0 Å². The minimum absolute atomic E-state index is 0.0398. The first-order valence-electron chi connectivity index (χ1n) is 7.25. The van der Waals surface area contributed by atoms with Gasteiger partial charge in [0.1, 0.15) is 0 Å². The standard InChI is InChI=1S/C16H24N2O3/c1-4-13(9-15(19)20)10-17-16(21)18-12(3)14-8-6-5-7-11(14)2/h5-8,12-13H,4,9-10H2,1-3H3,(H,19,20)(H2,17,18,21). The van der Waals surface area contributed by atoms with Crippen LogP contribution in [0.2, 0.25) is 0 Å². The topological polar surface area (TPSA) is 78.4 Å². The van der Waals surface area contributed by atoms with Gasteiger partial charge in [-0.25, -0.2) is 4.79 Å². The highest BCUT2D eigenvalue weighted by atomic mass is 16.4. The van der Waals surface area contributed by atoms with Crippen molar-refractivity contribution >= 4 is 12.0 Å². The van der Waals surface area contributed by atoms with Gasteiger partial charge in [-0.1, -0.05) is 37.6 Å². The third kappa shape index (κ3) is 5.85. The van der Waals surface area contributed by atoms with Gasteiger partial charge in [-0.2, -0.15) is 0 Å². The van der Waals surface area contributed by atoms with E-state index in [1.54, 1.807) is 0 Å². The molecule has 0 aliphatic rings. The fourth-order valence-corrected chi connectivity index (χ4v) is 2.24. The predicted molar refractivity (Wildman–Crippen MR) is 82.2 cm³/mol. The maximum atomic E-state index is 11.9. The van der Waals surface area contributed by atoms with E-state index in [-0.39, 0.29) is 24.4 Å². The van der Waals surface area contributed by atoms with Crippen LogP contribution in [0, 0.1) is 12.8 Å². The Labute approximate surface area is 125 Å². The second-order valence-electron chi connectivity index (χ2n) is 5.30. The van der Waals surface area contributed by atoms with Crippen molar-refractivity contribution in [3.8, 4) is 0 Å². The molecule has 5 heteroatoms. The van der Waals surface area contributed by atoms with Crippen molar-refractivity contribution in [2.45, 2.75) is 39.7 Å². The monoisotopic (exact) mass is 292 g/mol. The summed E-state index contributed by atoms with van der Waals surface area (Å²) in [7, 11) is 0. The summed E-state index contributed by atoms with van der Waals surface area (Å²) in [6.07, 6.45) is 0.796. The van der Waals surface area contributed by atoms with E-state index in [1.807, 2.05) is 45.0 Å². The second-order valence-corrected chi connectivity index (χ2v) is 5.30. The van der Waals surface area contributed by atoms with E-state index in [1.165, 1.54) is 0 Å². The average Bonchev–Trinajstić information content (AvgIpc) is 2.43. The third-order valence-corrected chi connectivity index (χ3v) is 3.59. The average molecular weight is 292 g/mol. The fourth-order valence-electron chi connectivity index (χ4n) is 2.24. The number of carboxylic acid groups (broad SMARTS) is 1. The lowest BCUT2D eigenvalue weighted by Crippen LogP contribution is -2.39. The molecule has 0 bridgehead atoms. The molecule has 0 aliphatic carbocycles. The van der Waals surface area contributed by atoms with Gasteiger partial charge in [-0.15, -0.1) is 0 Å². The minimum atomic E-state index is -0.836. The first-order chi connectivity index (χ1) is 9.93. The Morgan fingerprint density at radius 1 is 1.29 bits per heavy atom. The number of carbonyl (C=O) groups is 2. The van der Waals surface area contributed by atoms with Crippen LogP contribution in [0.5, 0.6) is 0 Å². The van der Waals surface area contributed by atoms with Crippen molar-refractivity contribution in [3.05, 3.63) is 35.4 Å². The highest BCUT2D eigenvalue weighted by Crippen LogP contribution is 2.16. The SMILES string of the molecule is CCC(CNC(=O)NC(C)c1ccccc1C)CC(=O)O.